The average molecular weight is 151 g/mol. The molecule has 0 spiro atoms. The summed E-state index contributed by atoms with van der Waals surface area (Å²) < 4.78 is 4.98. The zero-order valence-electron chi connectivity index (χ0n) is 5.95. The molecule has 0 unspecified atom stereocenters. The fourth-order valence-corrected chi connectivity index (χ4v) is 0.762. The Hall–Kier alpha value is -1.47. The summed E-state index contributed by atoms with van der Waals surface area (Å²) in [7, 11) is 0. The van der Waals surface area contributed by atoms with Gasteiger partial charge in [0.15, 0.2) is 0 Å². The standard InChI is InChI=1S/C7H9N3O/c8-2-1-6(10)7-3-5(9)4-11-7/h3-4,6H,1,9-10H2/t6-/m0/s1. The first kappa shape index (κ1) is 7.63. The number of furan rings is 1. The second-order valence-electron chi connectivity index (χ2n) is 2.25. The molecule has 0 fully saturated rings. The van der Waals surface area contributed by atoms with Crippen molar-refractivity contribution in [3.63, 3.8) is 0 Å². The van der Waals surface area contributed by atoms with Crippen LogP contribution in [-0.4, -0.2) is 0 Å². The van der Waals surface area contributed by atoms with Crippen LogP contribution in [0.25, 0.3) is 0 Å². The first-order valence-corrected chi connectivity index (χ1v) is 3.20. The Kier molecular flexibility index (Phi) is 2.14. The summed E-state index contributed by atoms with van der Waals surface area (Å²) in [5, 5.41) is 8.30. The molecule has 1 aromatic rings. The van der Waals surface area contributed by atoms with Crippen LogP contribution in [-0.2, 0) is 0 Å². The summed E-state index contributed by atoms with van der Waals surface area (Å²) >= 11 is 0. The highest BCUT2D eigenvalue weighted by Crippen LogP contribution is 2.17. The van der Waals surface area contributed by atoms with E-state index in [1.165, 1.54) is 6.26 Å². The minimum atomic E-state index is -0.364. The van der Waals surface area contributed by atoms with Crippen LogP contribution >= 0.6 is 0 Å². The number of nitrogens with zero attached hydrogens (tertiary/aromatic N) is 1. The lowest BCUT2D eigenvalue weighted by molar-refractivity contribution is 0.469. The smallest absolute Gasteiger partial charge is 0.123 e. The molecule has 0 radical (unpaired) electrons. The third-order valence-corrected chi connectivity index (χ3v) is 1.32. The Bertz CT molecular complexity index is 273. The number of nitriles is 1. The molecule has 4 nitrogen and oxygen atoms in total. The lowest BCUT2D eigenvalue weighted by Gasteiger charge is -2.00. The molecule has 0 aliphatic heterocycles. The van der Waals surface area contributed by atoms with Crippen LogP contribution in [0.5, 0.6) is 0 Å². The van der Waals surface area contributed by atoms with Crippen molar-refractivity contribution in [2.45, 2.75) is 12.5 Å². The third kappa shape index (κ3) is 1.72. The van der Waals surface area contributed by atoms with E-state index in [0.717, 1.165) is 0 Å². The van der Waals surface area contributed by atoms with Crippen LogP contribution in [0.15, 0.2) is 16.7 Å². The predicted molar refractivity (Wildman–Crippen MR) is 40.3 cm³/mol. The van der Waals surface area contributed by atoms with Crippen LogP contribution in [0.4, 0.5) is 5.69 Å². The van der Waals surface area contributed by atoms with E-state index in [-0.39, 0.29) is 12.5 Å². The maximum absolute atomic E-state index is 8.30. The molecule has 0 aliphatic rings. The Morgan fingerprint density at radius 1 is 1.73 bits per heavy atom. The van der Waals surface area contributed by atoms with E-state index >= 15 is 0 Å². The molecule has 1 aromatic heterocycles. The van der Waals surface area contributed by atoms with Gasteiger partial charge in [0, 0.05) is 6.07 Å². The number of anilines is 1. The number of hydrogen-bond acceptors (Lipinski definition) is 4. The van der Waals surface area contributed by atoms with Gasteiger partial charge in [0.2, 0.25) is 0 Å². The highest BCUT2D eigenvalue weighted by molar-refractivity contribution is 5.35. The highest BCUT2D eigenvalue weighted by atomic mass is 16.3. The van der Waals surface area contributed by atoms with Crippen molar-refractivity contribution in [1.29, 1.82) is 5.26 Å². The van der Waals surface area contributed by atoms with E-state index in [2.05, 4.69) is 0 Å². The summed E-state index contributed by atoms with van der Waals surface area (Å²) in [4.78, 5) is 0. The first-order chi connectivity index (χ1) is 5.24. The Morgan fingerprint density at radius 2 is 2.45 bits per heavy atom. The fourth-order valence-electron chi connectivity index (χ4n) is 0.762. The topological polar surface area (TPSA) is 89.0 Å². The van der Waals surface area contributed by atoms with Crippen molar-refractivity contribution in [3.05, 3.63) is 18.1 Å². The molecule has 11 heavy (non-hydrogen) atoms. The normalized spacial score (nSPS) is 12.4. The number of nitrogens with two attached hydrogens (primary N) is 2. The minimum Gasteiger partial charge on any atom is -0.465 e. The van der Waals surface area contributed by atoms with Crippen molar-refractivity contribution in [1.82, 2.24) is 0 Å². The molecule has 4 N–H and O–H groups in total. The van der Waals surface area contributed by atoms with Crippen molar-refractivity contribution >= 4 is 5.69 Å². The summed E-state index contributed by atoms with van der Waals surface area (Å²) in [6.07, 6.45) is 1.65. The molecular formula is C7H9N3O. The summed E-state index contributed by atoms with van der Waals surface area (Å²) in [5.74, 6) is 0.559. The maximum Gasteiger partial charge on any atom is 0.123 e. The second-order valence-corrected chi connectivity index (χ2v) is 2.25. The maximum atomic E-state index is 8.30. The molecule has 0 bridgehead atoms. The molecule has 0 aromatic carbocycles. The van der Waals surface area contributed by atoms with Gasteiger partial charge in [-0.3, -0.25) is 0 Å². The largest absolute Gasteiger partial charge is 0.465 e. The van der Waals surface area contributed by atoms with E-state index in [4.69, 9.17) is 21.1 Å². The molecule has 0 aliphatic carbocycles. The SMILES string of the molecule is N#CC[C@H](N)c1cc(N)co1. The predicted octanol–water partition coefficient (Wildman–Crippen LogP) is 0.775. The molecule has 0 amide bonds. The van der Waals surface area contributed by atoms with Gasteiger partial charge < -0.3 is 15.9 Å². The molecule has 1 heterocycles. The molecule has 58 valence electrons. The van der Waals surface area contributed by atoms with Crippen LogP contribution in [0.3, 0.4) is 0 Å². The van der Waals surface area contributed by atoms with Gasteiger partial charge in [-0.2, -0.15) is 5.26 Å². The van der Waals surface area contributed by atoms with Gasteiger partial charge in [-0.15, -0.1) is 0 Å². The van der Waals surface area contributed by atoms with Gasteiger partial charge in [-0.25, -0.2) is 0 Å². The summed E-state index contributed by atoms with van der Waals surface area (Å²) in [5.41, 5.74) is 11.5. The lowest BCUT2D eigenvalue weighted by Crippen LogP contribution is -2.07. The van der Waals surface area contributed by atoms with E-state index in [1.54, 1.807) is 6.07 Å². The molecule has 1 rings (SSSR count). The Balaban J connectivity index is 2.70. The molecule has 1 atom stereocenters. The van der Waals surface area contributed by atoms with Crippen molar-refractivity contribution < 1.29 is 4.42 Å². The van der Waals surface area contributed by atoms with Crippen LogP contribution in [0.2, 0.25) is 0 Å². The van der Waals surface area contributed by atoms with Crippen LogP contribution in [0, 0.1) is 11.3 Å². The molecule has 4 heteroatoms. The van der Waals surface area contributed by atoms with Gasteiger partial charge in [0.05, 0.1) is 24.2 Å². The van der Waals surface area contributed by atoms with E-state index < -0.39 is 0 Å². The minimum absolute atomic E-state index is 0.243. The van der Waals surface area contributed by atoms with E-state index in [9.17, 15) is 0 Å². The van der Waals surface area contributed by atoms with E-state index in [0.29, 0.717) is 11.4 Å². The second kappa shape index (κ2) is 3.08. The monoisotopic (exact) mass is 151 g/mol. The highest BCUT2D eigenvalue weighted by Gasteiger charge is 2.08. The van der Waals surface area contributed by atoms with Gasteiger partial charge in [-0.05, 0) is 0 Å². The van der Waals surface area contributed by atoms with Gasteiger partial charge in [-0.1, -0.05) is 0 Å². The summed E-state index contributed by atoms with van der Waals surface area (Å²) in [6, 6.07) is 3.21. The third-order valence-electron chi connectivity index (χ3n) is 1.32. The number of nitrogen functional groups attached to an aromatic ring is 1. The van der Waals surface area contributed by atoms with Crippen molar-refractivity contribution in [2.75, 3.05) is 5.73 Å². The van der Waals surface area contributed by atoms with Crippen molar-refractivity contribution in [2.24, 2.45) is 5.73 Å². The zero-order chi connectivity index (χ0) is 8.27. The van der Waals surface area contributed by atoms with Crippen molar-refractivity contribution in [3.8, 4) is 6.07 Å². The van der Waals surface area contributed by atoms with Gasteiger partial charge >= 0.3 is 0 Å². The Labute approximate surface area is 64.4 Å². The molecule has 0 saturated carbocycles. The zero-order valence-corrected chi connectivity index (χ0v) is 5.95. The fraction of sp³-hybridized carbons (Fsp3) is 0.286. The lowest BCUT2D eigenvalue weighted by atomic mass is 10.2. The molecular weight excluding hydrogens is 142 g/mol. The van der Waals surface area contributed by atoms with Gasteiger partial charge in [0.1, 0.15) is 12.0 Å². The Morgan fingerprint density at radius 3 is 2.91 bits per heavy atom. The average Bonchev–Trinajstić information content (AvgIpc) is 2.36. The van der Waals surface area contributed by atoms with Gasteiger partial charge in [0.25, 0.3) is 0 Å². The molecule has 0 saturated heterocycles. The number of hydrogen-bond donors (Lipinski definition) is 2. The van der Waals surface area contributed by atoms with Crippen LogP contribution in [0.1, 0.15) is 18.2 Å². The van der Waals surface area contributed by atoms with E-state index in [1.807, 2.05) is 6.07 Å². The summed E-state index contributed by atoms with van der Waals surface area (Å²) in [6.45, 7) is 0. The quantitative estimate of drug-likeness (QED) is 0.653. The van der Waals surface area contributed by atoms with Crippen LogP contribution < -0.4 is 11.5 Å². The first-order valence-electron chi connectivity index (χ1n) is 3.20. The number of rotatable bonds is 2.